The summed E-state index contributed by atoms with van der Waals surface area (Å²) in [5.74, 6) is 2.56. The molecule has 4 heteroatoms. The number of ether oxygens (including phenoxy) is 1. The van der Waals surface area contributed by atoms with Gasteiger partial charge in [0.25, 0.3) is 0 Å². The molecule has 1 saturated heterocycles. The van der Waals surface area contributed by atoms with Crippen LogP contribution in [0.25, 0.3) is 0 Å². The molecule has 0 aromatic heterocycles. The molecule has 23 heavy (non-hydrogen) atoms. The van der Waals surface area contributed by atoms with Crippen LogP contribution in [0.15, 0.2) is 30.3 Å². The molecule has 2 unspecified atom stereocenters. The van der Waals surface area contributed by atoms with E-state index in [1.54, 1.807) is 4.90 Å². The number of aliphatic hydroxyl groups is 1. The molecule has 1 aliphatic heterocycles. The highest BCUT2D eigenvalue weighted by Gasteiger charge is 2.46. The van der Waals surface area contributed by atoms with Gasteiger partial charge in [-0.25, -0.2) is 4.79 Å². The lowest BCUT2D eigenvalue weighted by Crippen LogP contribution is -2.53. The number of carbonyl (C=O) groups is 1. The van der Waals surface area contributed by atoms with Crippen LogP contribution < -0.4 is 0 Å². The Bertz CT molecular complexity index is 585. The van der Waals surface area contributed by atoms with E-state index in [-0.39, 0.29) is 6.42 Å². The largest absolute Gasteiger partial charge is 0.444 e. The summed E-state index contributed by atoms with van der Waals surface area (Å²) in [6.07, 6.45) is 6.51. The lowest BCUT2D eigenvalue weighted by atomic mass is 9.78. The van der Waals surface area contributed by atoms with E-state index in [2.05, 4.69) is 5.92 Å². The van der Waals surface area contributed by atoms with Crippen LogP contribution in [0.5, 0.6) is 0 Å². The Morgan fingerprint density at radius 2 is 2.09 bits per heavy atom. The maximum absolute atomic E-state index is 12.6. The van der Waals surface area contributed by atoms with Crippen LogP contribution in [-0.4, -0.2) is 33.8 Å². The average Bonchev–Trinajstić information content (AvgIpc) is 2.46. The Morgan fingerprint density at radius 3 is 2.65 bits per heavy atom. The fraction of sp³-hybridized carbons (Fsp3) is 0.526. The van der Waals surface area contributed by atoms with Crippen molar-refractivity contribution in [3.63, 3.8) is 0 Å². The van der Waals surface area contributed by atoms with Gasteiger partial charge in [0, 0.05) is 13.0 Å². The quantitative estimate of drug-likeness (QED) is 0.850. The predicted octanol–water partition coefficient (Wildman–Crippen LogP) is 3.51. The van der Waals surface area contributed by atoms with Crippen LogP contribution in [0.4, 0.5) is 4.79 Å². The average molecular weight is 315 g/mol. The van der Waals surface area contributed by atoms with E-state index < -0.39 is 23.3 Å². The van der Waals surface area contributed by atoms with Gasteiger partial charge in [0.1, 0.15) is 11.2 Å². The Balaban J connectivity index is 2.39. The molecule has 1 amide bonds. The first-order valence-corrected chi connectivity index (χ1v) is 7.97. The molecule has 1 N–H and O–H groups in total. The van der Waals surface area contributed by atoms with Gasteiger partial charge in [0.2, 0.25) is 0 Å². The normalized spacial score (nSPS) is 24.8. The second kappa shape index (κ2) is 6.64. The number of terminal acetylenes is 1. The summed E-state index contributed by atoms with van der Waals surface area (Å²) >= 11 is 0. The number of hydrogen-bond acceptors (Lipinski definition) is 3. The second-order valence-electron chi connectivity index (χ2n) is 7.07. The molecule has 1 heterocycles. The minimum atomic E-state index is -1.13. The second-order valence-corrected chi connectivity index (χ2v) is 7.07. The molecule has 0 radical (unpaired) electrons. The Hall–Kier alpha value is -1.99. The molecule has 0 saturated carbocycles. The molecule has 1 aromatic carbocycles. The first-order chi connectivity index (χ1) is 10.8. The van der Waals surface area contributed by atoms with Gasteiger partial charge >= 0.3 is 6.09 Å². The lowest BCUT2D eigenvalue weighted by molar-refractivity contribution is -0.0829. The van der Waals surface area contributed by atoms with Crippen LogP contribution in [0.3, 0.4) is 0 Å². The molecule has 124 valence electrons. The van der Waals surface area contributed by atoms with Crippen molar-refractivity contribution in [3.8, 4) is 12.3 Å². The summed E-state index contributed by atoms with van der Waals surface area (Å²) in [5.41, 5.74) is -0.846. The molecule has 2 rings (SSSR count). The highest BCUT2D eigenvalue weighted by Crippen LogP contribution is 2.41. The number of carbonyl (C=O) groups excluding carboxylic acids is 1. The molecule has 0 spiro atoms. The van der Waals surface area contributed by atoms with E-state index in [1.165, 1.54) is 0 Å². The van der Waals surface area contributed by atoms with Crippen LogP contribution >= 0.6 is 0 Å². The zero-order valence-electron chi connectivity index (χ0n) is 14.1. The number of piperidine rings is 1. The lowest BCUT2D eigenvalue weighted by Gasteiger charge is -2.46. The van der Waals surface area contributed by atoms with Crippen molar-refractivity contribution in [1.29, 1.82) is 0 Å². The van der Waals surface area contributed by atoms with Gasteiger partial charge in [-0.2, -0.15) is 0 Å². The van der Waals surface area contributed by atoms with Gasteiger partial charge in [-0.15, -0.1) is 12.3 Å². The zero-order valence-corrected chi connectivity index (χ0v) is 14.1. The standard InChI is InChI=1S/C19H25NO3/c1-5-12-19(22)13-9-14-20(17(21)23-18(2,3)4)16(19)15-10-7-6-8-11-15/h1,6-8,10-11,16,22H,9,12-14H2,2-4H3. The van der Waals surface area contributed by atoms with Crippen molar-refractivity contribution in [2.24, 2.45) is 0 Å². The fourth-order valence-corrected chi connectivity index (χ4v) is 3.12. The number of rotatable bonds is 2. The molecular weight excluding hydrogens is 290 g/mol. The molecule has 4 nitrogen and oxygen atoms in total. The van der Waals surface area contributed by atoms with Gasteiger partial charge in [-0.1, -0.05) is 30.3 Å². The third-order valence-electron chi connectivity index (χ3n) is 3.98. The van der Waals surface area contributed by atoms with Gasteiger partial charge in [-0.3, -0.25) is 4.90 Å². The van der Waals surface area contributed by atoms with Crippen LogP contribution in [0.1, 0.15) is 51.6 Å². The Kier molecular flexibility index (Phi) is 5.01. The van der Waals surface area contributed by atoms with Crippen molar-refractivity contribution in [2.75, 3.05) is 6.54 Å². The van der Waals surface area contributed by atoms with Crippen LogP contribution in [0, 0.1) is 12.3 Å². The smallest absolute Gasteiger partial charge is 0.410 e. The fourth-order valence-electron chi connectivity index (χ4n) is 3.12. The van der Waals surface area contributed by atoms with Crippen LogP contribution in [0.2, 0.25) is 0 Å². The number of benzene rings is 1. The van der Waals surface area contributed by atoms with Crippen molar-refractivity contribution in [3.05, 3.63) is 35.9 Å². The van der Waals surface area contributed by atoms with Crippen molar-refractivity contribution < 1.29 is 14.6 Å². The summed E-state index contributed by atoms with van der Waals surface area (Å²) in [6, 6.07) is 9.03. The molecule has 0 aliphatic carbocycles. The third-order valence-corrected chi connectivity index (χ3v) is 3.98. The molecule has 1 fully saturated rings. The number of nitrogens with zero attached hydrogens (tertiary/aromatic N) is 1. The first-order valence-electron chi connectivity index (χ1n) is 7.97. The van der Waals surface area contributed by atoms with Crippen molar-refractivity contribution >= 4 is 6.09 Å². The predicted molar refractivity (Wildman–Crippen MR) is 89.8 cm³/mol. The highest BCUT2D eigenvalue weighted by molar-refractivity contribution is 5.69. The Morgan fingerprint density at radius 1 is 1.43 bits per heavy atom. The van der Waals surface area contributed by atoms with E-state index in [1.807, 2.05) is 51.1 Å². The topological polar surface area (TPSA) is 49.8 Å². The van der Waals surface area contributed by atoms with Gasteiger partial charge in [0.15, 0.2) is 0 Å². The third kappa shape index (κ3) is 4.05. The van der Waals surface area contributed by atoms with Crippen molar-refractivity contribution in [2.45, 2.75) is 57.3 Å². The maximum Gasteiger partial charge on any atom is 0.410 e. The monoisotopic (exact) mass is 315 g/mol. The number of amides is 1. The van der Waals surface area contributed by atoms with E-state index in [9.17, 15) is 9.90 Å². The van der Waals surface area contributed by atoms with Crippen molar-refractivity contribution in [1.82, 2.24) is 4.90 Å². The highest BCUT2D eigenvalue weighted by atomic mass is 16.6. The first kappa shape index (κ1) is 17.4. The summed E-state index contributed by atoms with van der Waals surface area (Å²) in [5, 5.41) is 11.1. The maximum atomic E-state index is 12.6. The zero-order chi connectivity index (χ0) is 17.1. The van der Waals surface area contributed by atoms with E-state index in [4.69, 9.17) is 11.2 Å². The summed E-state index contributed by atoms with van der Waals surface area (Å²) in [6.45, 7) is 6.04. The molecule has 0 bridgehead atoms. The minimum Gasteiger partial charge on any atom is -0.444 e. The van der Waals surface area contributed by atoms with E-state index in [0.29, 0.717) is 19.4 Å². The molecule has 1 aliphatic rings. The number of likely N-dealkylation sites (tertiary alicyclic amines) is 1. The van der Waals surface area contributed by atoms with Gasteiger partial charge < -0.3 is 9.84 Å². The molecule has 2 atom stereocenters. The minimum absolute atomic E-state index is 0.200. The molecular formula is C19H25NO3. The summed E-state index contributed by atoms with van der Waals surface area (Å²) < 4.78 is 5.52. The van der Waals surface area contributed by atoms with E-state index in [0.717, 1.165) is 5.56 Å². The van der Waals surface area contributed by atoms with Gasteiger partial charge in [-0.05, 0) is 39.2 Å². The van der Waals surface area contributed by atoms with E-state index >= 15 is 0 Å². The number of hydrogen-bond donors (Lipinski definition) is 1. The Labute approximate surface area is 138 Å². The summed E-state index contributed by atoms with van der Waals surface area (Å²) in [7, 11) is 0. The SMILES string of the molecule is C#CCC1(O)CCCN(C(=O)OC(C)(C)C)C1c1ccccc1. The van der Waals surface area contributed by atoms with Gasteiger partial charge in [0.05, 0.1) is 6.04 Å². The van der Waals surface area contributed by atoms with Crippen LogP contribution in [-0.2, 0) is 4.74 Å². The molecule has 1 aromatic rings. The summed E-state index contributed by atoms with van der Waals surface area (Å²) in [4.78, 5) is 14.2.